The summed E-state index contributed by atoms with van der Waals surface area (Å²) in [5, 5.41) is 8.91. The van der Waals surface area contributed by atoms with E-state index in [1.54, 1.807) is 19.3 Å². The maximum atomic E-state index is 13.5. The lowest BCUT2D eigenvalue weighted by atomic mass is 9.86. The van der Waals surface area contributed by atoms with Gasteiger partial charge in [-0.15, -0.1) is 0 Å². The molecule has 3 aliphatic rings. The molecule has 7 nitrogen and oxygen atoms in total. The lowest BCUT2D eigenvalue weighted by Crippen LogP contribution is -2.50. The Morgan fingerprint density at radius 2 is 1.97 bits per heavy atom. The minimum atomic E-state index is -2.68. The Kier molecular flexibility index (Phi) is 5.50. The number of anilines is 2. The number of hydrogen-bond acceptors (Lipinski definition) is 6. The van der Waals surface area contributed by atoms with E-state index in [1.165, 1.54) is 4.68 Å². The van der Waals surface area contributed by atoms with Crippen LogP contribution in [0.15, 0.2) is 24.5 Å². The summed E-state index contributed by atoms with van der Waals surface area (Å²) in [6.07, 6.45) is 6.29. The average Bonchev–Trinajstić information content (AvgIpc) is 3.12. The third kappa shape index (κ3) is 4.17. The second kappa shape index (κ2) is 8.35. The highest BCUT2D eigenvalue weighted by atomic mass is 35.5. The lowest BCUT2D eigenvalue weighted by Gasteiger charge is -2.42. The monoisotopic (exact) mass is 502 g/mol. The minimum absolute atomic E-state index is 0.146. The van der Waals surface area contributed by atoms with Crippen molar-refractivity contribution in [3.63, 3.8) is 0 Å². The van der Waals surface area contributed by atoms with Gasteiger partial charge in [-0.05, 0) is 69.8 Å². The van der Waals surface area contributed by atoms with E-state index in [-0.39, 0.29) is 12.0 Å². The van der Waals surface area contributed by atoms with Gasteiger partial charge in [0, 0.05) is 35.2 Å². The van der Waals surface area contributed by atoms with Crippen LogP contribution < -0.4 is 5.32 Å². The van der Waals surface area contributed by atoms with Crippen LogP contribution in [-0.2, 0) is 4.74 Å². The number of rotatable bonds is 5. The SMILES string of the molecule is Cc1c(Nc2ncc3cc(Cl)c(C4CCN([C@]5(C)CCOC5)CC4)cc3n2)cnn1C1CC1(F)F. The second-order valence-corrected chi connectivity index (χ2v) is 10.8. The van der Waals surface area contributed by atoms with E-state index in [4.69, 9.17) is 21.3 Å². The molecule has 0 amide bonds. The van der Waals surface area contributed by atoms with Gasteiger partial charge in [-0.1, -0.05) is 11.6 Å². The zero-order valence-electron chi connectivity index (χ0n) is 19.9. The Morgan fingerprint density at radius 3 is 2.66 bits per heavy atom. The van der Waals surface area contributed by atoms with Gasteiger partial charge in [0.1, 0.15) is 6.04 Å². The van der Waals surface area contributed by atoms with Crippen molar-refractivity contribution in [2.75, 3.05) is 31.6 Å². The summed E-state index contributed by atoms with van der Waals surface area (Å²) in [5.74, 6) is -1.90. The molecule has 1 N–H and O–H groups in total. The normalized spacial score (nSPS) is 26.9. The first-order valence-corrected chi connectivity index (χ1v) is 12.6. The minimum Gasteiger partial charge on any atom is -0.379 e. The van der Waals surface area contributed by atoms with Gasteiger partial charge in [-0.3, -0.25) is 9.58 Å². The topological polar surface area (TPSA) is 68.1 Å². The Morgan fingerprint density at radius 1 is 1.20 bits per heavy atom. The highest BCUT2D eigenvalue weighted by Crippen LogP contribution is 2.53. The number of likely N-dealkylation sites (tertiary alicyclic amines) is 1. The predicted molar refractivity (Wildman–Crippen MR) is 131 cm³/mol. The van der Waals surface area contributed by atoms with E-state index in [9.17, 15) is 8.78 Å². The number of nitrogens with one attached hydrogen (secondary N) is 1. The molecule has 2 aromatic heterocycles. The van der Waals surface area contributed by atoms with Crippen molar-refractivity contribution in [2.45, 2.75) is 63.0 Å². The van der Waals surface area contributed by atoms with Crippen molar-refractivity contribution < 1.29 is 13.5 Å². The first-order valence-electron chi connectivity index (χ1n) is 12.2. The molecule has 3 aromatic rings. The molecule has 2 saturated heterocycles. The number of nitrogens with zero attached hydrogens (tertiary/aromatic N) is 5. The number of hydrogen-bond donors (Lipinski definition) is 1. The molecule has 2 atom stereocenters. The highest BCUT2D eigenvalue weighted by Gasteiger charge is 2.59. The summed E-state index contributed by atoms with van der Waals surface area (Å²) in [5.41, 5.74) is 3.34. The highest BCUT2D eigenvalue weighted by molar-refractivity contribution is 6.32. The molecule has 6 rings (SSSR count). The molecule has 3 fully saturated rings. The summed E-state index contributed by atoms with van der Waals surface area (Å²) in [4.78, 5) is 11.7. The van der Waals surface area contributed by atoms with Crippen molar-refractivity contribution >= 4 is 34.1 Å². The van der Waals surface area contributed by atoms with Gasteiger partial charge in [0.25, 0.3) is 5.92 Å². The summed E-state index contributed by atoms with van der Waals surface area (Å²) >= 11 is 6.70. The second-order valence-electron chi connectivity index (χ2n) is 10.4. The van der Waals surface area contributed by atoms with E-state index >= 15 is 0 Å². The Bertz CT molecular complexity index is 1270. The Balaban J connectivity index is 1.20. The largest absolute Gasteiger partial charge is 0.379 e. The third-order valence-electron chi connectivity index (χ3n) is 7.97. The van der Waals surface area contributed by atoms with Crippen molar-refractivity contribution in [1.82, 2.24) is 24.6 Å². The maximum absolute atomic E-state index is 13.5. The van der Waals surface area contributed by atoms with Crippen LogP contribution in [0.1, 0.15) is 55.8 Å². The molecule has 0 spiro atoms. The number of halogens is 3. The smallest absolute Gasteiger partial charge is 0.272 e. The van der Waals surface area contributed by atoms with E-state index in [0.717, 1.165) is 67.1 Å². The van der Waals surface area contributed by atoms with Crippen molar-refractivity contribution in [1.29, 1.82) is 0 Å². The molecule has 1 aliphatic carbocycles. The van der Waals surface area contributed by atoms with Gasteiger partial charge in [-0.25, -0.2) is 18.7 Å². The molecule has 0 bridgehead atoms. The van der Waals surface area contributed by atoms with Crippen LogP contribution in [0.5, 0.6) is 0 Å². The molecule has 1 unspecified atom stereocenters. The van der Waals surface area contributed by atoms with Crippen LogP contribution in [0.3, 0.4) is 0 Å². The van der Waals surface area contributed by atoms with Crippen molar-refractivity contribution in [3.8, 4) is 0 Å². The number of fused-ring (bicyclic) bond motifs is 1. The molecule has 4 heterocycles. The molecule has 0 radical (unpaired) electrons. The summed E-state index contributed by atoms with van der Waals surface area (Å²) in [6.45, 7) is 7.78. The summed E-state index contributed by atoms with van der Waals surface area (Å²) in [6, 6.07) is 3.15. The first kappa shape index (κ1) is 23.1. The van der Waals surface area contributed by atoms with Gasteiger partial charge in [0.2, 0.25) is 5.95 Å². The lowest BCUT2D eigenvalue weighted by molar-refractivity contribution is 0.0582. The molecule has 1 aromatic carbocycles. The zero-order valence-corrected chi connectivity index (χ0v) is 20.7. The first-order chi connectivity index (χ1) is 16.7. The molecule has 1 saturated carbocycles. The van der Waals surface area contributed by atoms with Gasteiger partial charge >= 0.3 is 0 Å². The fourth-order valence-corrected chi connectivity index (χ4v) is 5.85. The summed E-state index contributed by atoms with van der Waals surface area (Å²) < 4.78 is 34.0. The van der Waals surface area contributed by atoms with Crippen LogP contribution in [0, 0.1) is 6.92 Å². The Hall–Kier alpha value is -2.36. The molecule has 186 valence electrons. The predicted octanol–water partition coefficient (Wildman–Crippen LogP) is 5.47. The van der Waals surface area contributed by atoms with Crippen LogP contribution in [-0.4, -0.2) is 62.4 Å². The molecule has 35 heavy (non-hydrogen) atoms. The van der Waals surface area contributed by atoms with E-state index in [0.29, 0.717) is 23.2 Å². The molecular formula is C25H29ClF2N6O. The number of piperidine rings is 1. The fourth-order valence-electron chi connectivity index (χ4n) is 5.52. The van der Waals surface area contributed by atoms with Crippen molar-refractivity contribution in [2.24, 2.45) is 0 Å². The third-order valence-corrected chi connectivity index (χ3v) is 8.30. The number of aromatic nitrogens is 4. The van der Waals surface area contributed by atoms with Crippen LogP contribution in [0.25, 0.3) is 10.9 Å². The maximum Gasteiger partial charge on any atom is 0.272 e. The standard InChI is InChI=1S/C25H29ClF2N6O/c1-15-21(13-30-34(15)22-11-25(22,27)28)32-23-29-12-17-9-19(26)18(10-20(17)31-23)16-3-6-33(7-4-16)24(2)5-8-35-14-24/h9-10,12-13,16,22H,3-8,11,14H2,1-2H3,(H,29,31,32)/t22?,24-/m1/s1. The number of alkyl halides is 2. The van der Waals surface area contributed by atoms with Crippen LogP contribution in [0.2, 0.25) is 5.02 Å². The number of ether oxygens (including phenoxy) is 1. The molecule has 10 heteroatoms. The number of benzene rings is 1. The van der Waals surface area contributed by atoms with Gasteiger partial charge < -0.3 is 10.1 Å². The van der Waals surface area contributed by atoms with E-state index in [1.807, 2.05) is 6.07 Å². The van der Waals surface area contributed by atoms with Gasteiger partial charge in [0.05, 0.1) is 29.7 Å². The quantitative estimate of drug-likeness (QED) is 0.499. The fraction of sp³-hybridized carbons (Fsp3) is 0.560. The van der Waals surface area contributed by atoms with E-state index < -0.39 is 12.0 Å². The summed E-state index contributed by atoms with van der Waals surface area (Å²) in [7, 11) is 0. The average molecular weight is 503 g/mol. The molecule has 2 aliphatic heterocycles. The van der Waals surface area contributed by atoms with Crippen molar-refractivity contribution in [3.05, 3.63) is 40.8 Å². The molecular weight excluding hydrogens is 474 g/mol. The zero-order chi connectivity index (χ0) is 24.4. The van der Waals surface area contributed by atoms with Gasteiger partial charge in [0.15, 0.2) is 0 Å². The van der Waals surface area contributed by atoms with Crippen LogP contribution >= 0.6 is 11.6 Å². The van der Waals surface area contributed by atoms with Crippen LogP contribution in [0.4, 0.5) is 20.4 Å². The Labute approximate surface area is 207 Å². The van der Waals surface area contributed by atoms with E-state index in [2.05, 4.69) is 33.3 Å². The van der Waals surface area contributed by atoms with Gasteiger partial charge in [-0.2, -0.15) is 5.10 Å².